The van der Waals surface area contributed by atoms with Gasteiger partial charge in [-0.05, 0) is 19.9 Å². The summed E-state index contributed by atoms with van der Waals surface area (Å²) in [7, 11) is 0. The van der Waals surface area contributed by atoms with Gasteiger partial charge in [0.25, 0.3) is 0 Å². The highest BCUT2D eigenvalue weighted by molar-refractivity contribution is 7.98. The average Bonchev–Trinajstić information content (AvgIpc) is 2.75. The number of thiazole rings is 1. The zero-order valence-electron chi connectivity index (χ0n) is 9.80. The first-order valence-electron chi connectivity index (χ1n) is 5.39. The van der Waals surface area contributed by atoms with Crippen LogP contribution in [0.15, 0.2) is 23.6 Å². The van der Waals surface area contributed by atoms with E-state index in [0.29, 0.717) is 0 Å². The number of thioether (sulfide) groups is 1. The number of aryl methyl sites for hydroxylation is 1. The summed E-state index contributed by atoms with van der Waals surface area (Å²) < 4.78 is 0. The number of anilines is 1. The van der Waals surface area contributed by atoms with Crippen molar-refractivity contribution in [1.29, 1.82) is 0 Å². The van der Waals surface area contributed by atoms with Gasteiger partial charge in [-0.2, -0.15) is 0 Å². The molecular weight excluding hydrogens is 252 g/mol. The quantitative estimate of drug-likeness (QED) is 0.666. The minimum Gasteiger partial charge on any atom is -0.362 e. The fourth-order valence-corrected chi connectivity index (χ4v) is 3.02. The van der Waals surface area contributed by atoms with Gasteiger partial charge >= 0.3 is 0 Å². The molecular formula is C11H14N4S2. The molecule has 0 unspecified atom stereocenters. The van der Waals surface area contributed by atoms with E-state index in [1.165, 1.54) is 4.88 Å². The van der Waals surface area contributed by atoms with Crippen molar-refractivity contribution in [3.8, 4) is 0 Å². The molecule has 0 aliphatic heterocycles. The maximum Gasteiger partial charge on any atom is 0.188 e. The van der Waals surface area contributed by atoms with E-state index in [4.69, 9.17) is 0 Å². The molecule has 6 heteroatoms. The second-order valence-electron chi connectivity index (χ2n) is 3.43. The lowest BCUT2D eigenvalue weighted by molar-refractivity contribution is 0.932. The maximum absolute atomic E-state index is 4.35. The second kappa shape index (κ2) is 5.97. The van der Waals surface area contributed by atoms with Crippen LogP contribution in [0.1, 0.15) is 17.5 Å². The predicted octanol–water partition coefficient (Wildman–Crippen LogP) is 2.97. The van der Waals surface area contributed by atoms with E-state index in [0.717, 1.165) is 28.3 Å². The van der Waals surface area contributed by atoms with Gasteiger partial charge in [-0.15, -0.1) is 11.3 Å². The Morgan fingerprint density at radius 3 is 3.06 bits per heavy atom. The number of nitrogens with one attached hydrogen (secondary N) is 1. The van der Waals surface area contributed by atoms with Crippen LogP contribution in [0.5, 0.6) is 0 Å². The van der Waals surface area contributed by atoms with Crippen molar-refractivity contribution in [3.05, 3.63) is 29.0 Å². The molecule has 0 atom stereocenters. The van der Waals surface area contributed by atoms with Crippen LogP contribution in [0.25, 0.3) is 0 Å². The van der Waals surface area contributed by atoms with Crippen molar-refractivity contribution in [2.75, 3.05) is 11.9 Å². The summed E-state index contributed by atoms with van der Waals surface area (Å²) in [4.78, 5) is 14.1. The molecule has 0 radical (unpaired) electrons. The summed E-state index contributed by atoms with van der Waals surface area (Å²) in [5.41, 5.74) is 1.00. The molecule has 2 rings (SSSR count). The molecule has 2 heterocycles. The third kappa shape index (κ3) is 3.67. The van der Waals surface area contributed by atoms with Gasteiger partial charge < -0.3 is 5.32 Å². The van der Waals surface area contributed by atoms with Crippen molar-refractivity contribution < 1.29 is 0 Å². The monoisotopic (exact) mass is 266 g/mol. The molecule has 2 aromatic rings. The standard InChI is InChI=1S/C11H14N4S2/c1-3-12-10-14-6-9(17-10)7-16-11-13-5-4-8(2)15-11/h4-6H,3,7H2,1-2H3,(H,12,14). The molecule has 90 valence electrons. The normalized spacial score (nSPS) is 10.5. The molecule has 17 heavy (non-hydrogen) atoms. The topological polar surface area (TPSA) is 50.7 Å². The molecule has 0 saturated heterocycles. The van der Waals surface area contributed by atoms with Gasteiger partial charge in [0.05, 0.1) is 0 Å². The van der Waals surface area contributed by atoms with E-state index in [-0.39, 0.29) is 0 Å². The Hall–Kier alpha value is -1.14. The van der Waals surface area contributed by atoms with Crippen LogP contribution in [0.2, 0.25) is 0 Å². The van der Waals surface area contributed by atoms with Gasteiger partial charge in [-0.3, -0.25) is 0 Å². The van der Waals surface area contributed by atoms with E-state index in [2.05, 4.69) is 27.2 Å². The molecule has 2 aromatic heterocycles. The Balaban J connectivity index is 1.93. The summed E-state index contributed by atoms with van der Waals surface area (Å²) in [6.07, 6.45) is 3.70. The van der Waals surface area contributed by atoms with E-state index < -0.39 is 0 Å². The van der Waals surface area contributed by atoms with Gasteiger partial charge in [-0.1, -0.05) is 11.8 Å². The van der Waals surface area contributed by atoms with Crippen molar-refractivity contribution in [3.63, 3.8) is 0 Å². The van der Waals surface area contributed by atoms with Crippen LogP contribution >= 0.6 is 23.1 Å². The minimum absolute atomic E-state index is 0.823. The lowest BCUT2D eigenvalue weighted by Gasteiger charge is -1.98. The first-order chi connectivity index (χ1) is 8.28. The van der Waals surface area contributed by atoms with E-state index in [1.807, 2.05) is 19.2 Å². The fourth-order valence-electron chi connectivity index (χ4n) is 1.24. The Kier molecular flexibility index (Phi) is 4.33. The number of aromatic nitrogens is 3. The van der Waals surface area contributed by atoms with E-state index in [1.54, 1.807) is 29.3 Å². The molecule has 0 bridgehead atoms. The van der Waals surface area contributed by atoms with Crippen molar-refractivity contribution in [2.24, 2.45) is 0 Å². The van der Waals surface area contributed by atoms with Crippen LogP contribution < -0.4 is 5.32 Å². The Morgan fingerprint density at radius 2 is 2.29 bits per heavy atom. The van der Waals surface area contributed by atoms with Crippen LogP contribution in [-0.2, 0) is 5.75 Å². The molecule has 0 aliphatic carbocycles. The highest BCUT2D eigenvalue weighted by Gasteiger charge is 2.03. The van der Waals surface area contributed by atoms with Gasteiger partial charge in [0, 0.05) is 35.3 Å². The van der Waals surface area contributed by atoms with Crippen LogP contribution in [0.4, 0.5) is 5.13 Å². The minimum atomic E-state index is 0.823. The van der Waals surface area contributed by atoms with E-state index in [9.17, 15) is 0 Å². The second-order valence-corrected chi connectivity index (χ2v) is 5.49. The van der Waals surface area contributed by atoms with Crippen molar-refractivity contribution in [1.82, 2.24) is 15.0 Å². The third-order valence-corrected chi connectivity index (χ3v) is 4.05. The van der Waals surface area contributed by atoms with Gasteiger partial charge in [0.15, 0.2) is 10.3 Å². The lowest BCUT2D eigenvalue weighted by Crippen LogP contribution is -1.94. The van der Waals surface area contributed by atoms with Crippen LogP contribution in [-0.4, -0.2) is 21.5 Å². The number of nitrogens with zero attached hydrogens (tertiary/aromatic N) is 3. The molecule has 0 aliphatic rings. The molecule has 0 saturated carbocycles. The Bertz CT molecular complexity index is 484. The molecule has 4 nitrogen and oxygen atoms in total. The number of rotatable bonds is 5. The first-order valence-corrected chi connectivity index (χ1v) is 7.19. The molecule has 0 amide bonds. The molecule has 0 fully saturated rings. The maximum atomic E-state index is 4.35. The summed E-state index contributed by atoms with van der Waals surface area (Å²) >= 11 is 3.32. The average molecular weight is 266 g/mol. The largest absolute Gasteiger partial charge is 0.362 e. The van der Waals surface area contributed by atoms with Gasteiger partial charge in [0.2, 0.25) is 0 Å². The van der Waals surface area contributed by atoms with E-state index >= 15 is 0 Å². The smallest absolute Gasteiger partial charge is 0.188 e. The summed E-state index contributed by atoms with van der Waals surface area (Å²) in [6.45, 7) is 4.94. The third-order valence-electron chi connectivity index (χ3n) is 2.00. The fraction of sp³-hybridized carbons (Fsp3) is 0.364. The number of hydrogen-bond donors (Lipinski definition) is 1. The first kappa shape index (κ1) is 12.3. The predicted molar refractivity (Wildman–Crippen MR) is 72.6 cm³/mol. The van der Waals surface area contributed by atoms with Gasteiger partial charge in [-0.25, -0.2) is 15.0 Å². The summed E-state index contributed by atoms with van der Waals surface area (Å²) in [5, 5.41) is 5.00. The zero-order valence-corrected chi connectivity index (χ0v) is 11.4. The van der Waals surface area contributed by atoms with Gasteiger partial charge in [0.1, 0.15) is 0 Å². The van der Waals surface area contributed by atoms with Crippen molar-refractivity contribution in [2.45, 2.75) is 24.8 Å². The number of hydrogen-bond acceptors (Lipinski definition) is 6. The highest BCUT2D eigenvalue weighted by Crippen LogP contribution is 2.25. The highest BCUT2D eigenvalue weighted by atomic mass is 32.2. The lowest BCUT2D eigenvalue weighted by atomic mass is 10.5. The van der Waals surface area contributed by atoms with Crippen molar-refractivity contribution >= 4 is 28.2 Å². The molecule has 0 aromatic carbocycles. The van der Waals surface area contributed by atoms with Crippen LogP contribution in [0.3, 0.4) is 0 Å². The molecule has 1 N–H and O–H groups in total. The molecule has 0 spiro atoms. The van der Waals surface area contributed by atoms with Crippen LogP contribution in [0, 0.1) is 6.92 Å². The Labute approximate surface area is 109 Å². The zero-order chi connectivity index (χ0) is 12.1. The Morgan fingerprint density at radius 1 is 1.41 bits per heavy atom. The summed E-state index contributed by atoms with van der Waals surface area (Å²) in [6, 6.07) is 1.90. The summed E-state index contributed by atoms with van der Waals surface area (Å²) in [5.74, 6) is 0.868. The SMILES string of the molecule is CCNc1ncc(CSc2nccc(C)n2)s1.